The van der Waals surface area contributed by atoms with Crippen molar-refractivity contribution in [1.29, 1.82) is 0 Å². The third-order valence-electron chi connectivity index (χ3n) is 1.47. The smallest absolute Gasteiger partial charge is 0.378 e. The van der Waals surface area contributed by atoms with Crippen LogP contribution in [0.1, 0.15) is 0 Å². The van der Waals surface area contributed by atoms with Crippen molar-refractivity contribution in [3.05, 3.63) is 0 Å². The van der Waals surface area contributed by atoms with Crippen LogP contribution in [0.25, 0.3) is 0 Å². The van der Waals surface area contributed by atoms with Gasteiger partial charge in [-0.2, -0.15) is 0 Å². The molecule has 7 nitrogen and oxygen atoms in total. The van der Waals surface area contributed by atoms with Crippen molar-refractivity contribution in [3.63, 3.8) is 0 Å². The highest BCUT2D eigenvalue weighted by atomic mass is 32.2. The van der Waals surface area contributed by atoms with Gasteiger partial charge in [-0.1, -0.05) is 0 Å². The lowest BCUT2D eigenvalue weighted by Crippen LogP contribution is -2.43. The molecule has 0 saturated carbocycles. The molecule has 1 saturated heterocycles. The largest absolute Gasteiger partial charge is 0.429 e. The van der Waals surface area contributed by atoms with E-state index in [9.17, 15) is 9.00 Å². The van der Waals surface area contributed by atoms with Crippen molar-refractivity contribution in [2.75, 3.05) is 26.3 Å². The number of carbonyl (C=O) groups is 1. The third-order valence-corrected chi connectivity index (χ3v) is 1.70. The SMILES string of the molecule is O=C(ONS(=O)O)N1CCOCC1. The molecule has 13 heavy (non-hydrogen) atoms. The summed E-state index contributed by atoms with van der Waals surface area (Å²) in [4.78, 5) is 18.3. The van der Waals surface area contributed by atoms with E-state index in [1.807, 2.05) is 0 Å². The first kappa shape index (κ1) is 10.4. The molecule has 0 radical (unpaired) electrons. The van der Waals surface area contributed by atoms with Crippen LogP contribution in [0.2, 0.25) is 0 Å². The number of rotatable bonds is 2. The van der Waals surface area contributed by atoms with Crippen molar-refractivity contribution < 1.29 is 23.1 Å². The van der Waals surface area contributed by atoms with Crippen molar-refractivity contribution >= 4 is 17.4 Å². The maximum Gasteiger partial charge on any atom is 0.429 e. The normalized spacial score (nSPS) is 19.6. The summed E-state index contributed by atoms with van der Waals surface area (Å²) in [5, 5.41) is 0. The molecule has 8 heteroatoms. The van der Waals surface area contributed by atoms with Crippen LogP contribution in [0.5, 0.6) is 0 Å². The molecule has 0 spiro atoms. The molecule has 1 aliphatic heterocycles. The van der Waals surface area contributed by atoms with Gasteiger partial charge in [0.1, 0.15) is 0 Å². The molecule has 1 unspecified atom stereocenters. The number of hydrogen-bond acceptors (Lipinski definition) is 4. The first-order chi connectivity index (χ1) is 6.20. The Hall–Kier alpha value is -0.700. The molecule has 2 N–H and O–H groups in total. The molecule has 1 amide bonds. The zero-order valence-electron chi connectivity index (χ0n) is 6.76. The monoisotopic (exact) mass is 210 g/mol. The predicted molar refractivity (Wildman–Crippen MR) is 42.8 cm³/mol. The van der Waals surface area contributed by atoms with Crippen molar-refractivity contribution in [2.24, 2.45) is 0 Å². The number of amides is 1. The fourth-order valence-electron chi connectivity index (χ4n) is 0.882. The topological polar surface area (TPSA) is 88.1 Å². The number of morpholine rings is 1. The first-order valence-electron chi connectivity index (χ1n) is 3.60. The van der Waals surface area contributed by atoms with Gasteiger partial charge in [-0.05, 0) is 4.89 Å². The van der Waals surface area contributed by atoms with Crippen molar-refractivity contribution in [2.45, 2.75) is 0 Å². The maximum atomic E-state index is 11.0. The lowest BCUT2D eigenvalue weighted by Gasteiger charge is -2.25. The van der Waals surface area contributed by atoms with Gasteiger partial charge in [0.15, 0.2) is 0 Å². The molecule has 1 heterocycles. The zero-order valence-corrected chi connectivity index (χ0v) is 7.58. The Kier molecular flexibility index (Phi) is 4.09. The summed E-state index contributed by atoms with van der Waals surface area (Å²) in [6.07, 6.45) is -0.675. The Morgan fingerprint density at radius 2 is 2.15 bits per heavy atom. The average Bonchev–Trinajstić information content (AvgIpc) is 2.15. The molecule has 0 aliphatic carbocycles. The van der Waals surface area contributed by atoms with Gasteiger partial charge in [0.05, 0.1) is 13.2 Å². The lowest BCUT2D eigenvalue weighted by atomic mass is 10.5. The second kappa shape index (κ2) is 5.12. The lowest BCUT2D eigenvalue weighted by molar-refractivity contribution is 0.0202. The fraction of sp³-hybridized carbons (Fsp3) is 0.800. The van der Waals surface area contributed by atoms with E-state index in [1.165, 1.54) is 4.90 Å². The molecule has 1 rings (SSSR count). The van der Waals surface area contributed by atoms with Crippen LogP contribution in [0.3, 0.4) is 0 Å². The average molecular weight is 210 g/mol. The number of nitrogens with one attached hydrogen (secondary N) is 1. The van der Waals surface area contributed by atoms with Crippen LogP contribution in [-0.2, 0) is 20.8 Å². The number of hydrogen-bond donors (Lipinski definition) is 2. The molecule has 1 aliphatic rings. The van der Waals surface area contributed by atoms with Gasteiger partial charge in [0.2, 0.25) is 0 Å². The van der Waals surface area contributed by atoms with E-state index in [2.05, 4.69) is 4.84 Å². The Morgan fingerprint density at radius 3 is 2.69 bits per heavy atom. The van der Waals surface area contributed by atoms with Crippen molar-refractivity contribution in [3.8, 4) is 0 Å². The van der Waals surface area contributed by atoms with E-state index in [4.69, 9.17) is 9.29 Å². The van der Waals surface area contributed by atoms with E-state index in [0.29, 0.717) is 26.3 Å². The van der Waals surface area contributed by atoms with Crippen LogP contribution in [0.15, 0.2) is 0 Å². The highest BCUT2D eigenvalue weighted by Crippen LogP contribution is 1.98. The van der Waals surface area contributed by atoms with Crippen LogP contribution >= 0.6 is 0 Å². The van der Waals surface area contributed by atoms with E-state index in [-0.39, 0.29) is 0 Å². The first-order valence-corrected chi connectivity index (χ1v) is 4.71. The Bertz CT molecular complexity index is 205. The second-order valence-electron chi connectivity index (χ2n) is 2.30. The highest BCUT2D eigenvalue weighted by Gasteiger charge is 2.18. The molecule has 0 aromatic heterocycles. The van der Waals surface area contributed by atoms with Gasteiger partial charge in [-0.25, -0.2) is 9.00 Å². The van der Waals surface area contributed by atoms with E-state index in [1.54, 1.807) is 4.89 Å². The Morgan fingerprint density at radius 1 is 1.54 bits per heavy atom. The summed E-state index contributed by atoms with van der Waals surface area (Å²) in [6.45, 7) is 1.77. The minimum Gasteiger partial charge on any atom is -0.378 e. The second-order valence-corrected chi connectivity index (χ2v) is 2.96. The standard InChI is InChI=1S/C5H10N2O5S/c8-5(12-6-13(9)10)7-1-3-11-4-2-7/h6H,1-4H2,(H,9,10). The molecule has 0 aromatic carbocycles. The molecule has 0 bridgehead atoms. The molecular formula is C5H10N2O5S. The van der Waals surface area contributed by atoms with Crippen LogP contribution in [0.4, 0.5) is 4.79 Å². The van der Waals surface area contributed by atoms with Crippen LogP contribution in [0, 0.1) is 0 Å². The summed E-state index contributed by atoms with van der Waals surface area (Å²) >= 11 is -2.34. The third kappa shape index (κ3) is 3.68. The van der Waals surface area contributed by atoms with E-state index in [0.717, 1.165) is 0 Å². The van der Waals surface area contributed by atoms with Crippen molar-refractivity contribution in [1.82, 2.24) is 9.79 Å². The van der Waals surface area contributed by atoms with E-state index >= 15 is 0 Å². The van der Waals surface area contributed by atoms with Crippen LogP contribution in [-0.4, -0.2) is 46.1 Å². The Labute approximate surface area is 77.4 Å². The molecule has 1 atom stereocenters. The summed E-state index contributed by atoms with van der Waals surface area (Å²) < 4.78 is 23.3. The fourth-order valence-corrected chi connectivity index (χ4v) is 1.02. The number of carbonyl (C=O) groups excluding carboxylic acids is 1. The quantitative estimate of drug-likeness (QED) is 0.455. The summed E-state index contributed by atoms with van der Waals surface area (Å²) in [6, 6.07) is 0. The molecule has 1 fully saturated rings. The van der Waals surface area contributed by atoms with E-state index < -0.39 is 17.4 Å². The van der Waals surface area contributed by atoms with Gasteiger partial charge >= 0.3 is 6.09 Å². The molecular weight excluding hydrogens is 200 g/mol. The minimum absolute atomic E-state index is 0.429. The number of ether oxygens (including phenoxy) is 1. The highest BCUT2D eigenvalue weighted by molar-refractivity contribution is 7.76. The van der Waals surface area contributed by atoms with Gasteiger partial charge < -0.3 is 14.5 Å². The van der Waals surface area contributed by atoms with Gasteiger partial charge in [-0.15, -0.1) is 0 Å². The summed E-state index contributed by atoms with van der Waals surface area (Å²) in [7, 11) is 0. The maximum absolute atomic E-state index is 11.0. The van der Waals surface area contributed by atoms with Gasteiger partial charge in [-0.3, -0.25) is 4.55 Å². The van der Waals surface area contributed by atoms with Crippen LogP contribution < -0.4 is 4.89 Å². The summed E-state index contributed by atoms with van der Waals surface area (Å²) in [5.74, 6) is 0. The predicted octanol–water partition coefficient (Wildman–Crippen LogP) is -0.903. The van der Waals surface area contributed by atoms with Gasteiger partial charge in [0, 0.05) is 13.1 Å². The Balaban J connectivity index is 2.25. The van der Waals surface area contributed by atoms with Gasteiger partial charge in [0.25, 0.3) is 11.3 Å². The summed E-state index contributed by atoms with van der Waals surface area (Å²) in [5.41, 5.74) is 0. The minimum atomic E-state index is -2.34. The molecule has 76 valence electrons. The zero-order chi connectivity index (χ0) is 9.68. The number of nitrogens with zero attached hydrogens (tertiary/aromatic N) is 1. The molecule has 0 aromatic rings.